The lowest BCUT2D eigenvalue weighted by Crippen LogP contribution is -2.47. The zero-order valence-electron chi connectivity index (χ0n) is 15.9. The van der Waals surface area contributed by atoms with Crippen LogP contribution >= 0.6 is 0 Å². The Morgan fingerprint density at radius 2 is 1.46 bits per heavy atom. The van der Waals surface area contributed by atoms with Crippen molar-refractivity contribution >= 4 is 5.97 Å². The molecule has 4 nitrogen and oxygen atoms in total. The molecule has 0 N–H and O–H groups in total. The summed E-state index contributed by atoms with van der Waals surface area (Å²) >= 11 is 0. The van der Waals surface area contributed by atoms with E-state index in [4.69, 9.17) is 0 Å². The van der Waals surface area contributed by atoms with Crippen molar-refractivity contribution in [2.24, 2.45) is 0 Å². The van der Waals surface area contributed by atoms with Gasteiger partial charge in [-0.15, -0.1) is 0 Å². The molecule has 6 heteroatoms. The average molecular weight is 386 g/mol. The Balaban J connectivity index is 1.71. The second kappa shape index (κ2) is 9.57. The average Bonchev–Trinajstić information content (AvgIpc) is 2.72. The van der Waals surface area contributed by atoms with Crippen molar-refractivity contribution in [3.05, 3.63) is 83.4 Å². The van der Waals surface area contributed by atoms with Gasteiger partial charge in [-0.25, -0.2) is 13.6 Å². The Labute approximate surface area is 164 Å². The highest BCUT2D eigenvalue weighted by Gasteiger charge is 2.26. The van der Waals surface area contributed by atoms with E-state index in [1.807, 2.05) is 0 Å². The fourth-order valence-electron chi connectivity index (χ4n) is 3.47. The van der Waals surface area contributed by atoms with Gasteiger partial charge in [-0.1, -0.05) is 30.3 Å². The van der Waals surface area contributed by atoms with Gasteiger partial charge in [0.15, 0.2) is 0 Å². The molecule has 0 aromatic heterocycles. The van der Waals surface area contributed by atoms with Crippen LogP contribution in [-0.2, 0) is 9.53 Å². The van der Waals surface area contributed by atoms with E-state index in [0.29, 0.717) is 6.54 Å². The first-order chi connectivity index (χ1) is 13.6. The van der Waals surface area contributed by atoms with Crippen molar-refractivity contribution in [1.29, 1.82) is 0 Å². The molecule has 2 aromatic rings. The molecule has 0 radical (unpaired) electrons. The Bertz CT molecular complexity index is 753. The highest BCUT2D eigenvalue weighted by Crippen LogP contribution is 2.30. The molecule has 1 fully saturated rings. The first kappa shape index (κ1) is 20.2. The van der Waals surface area contributed by atoms with Gasteiger partial charge in [0.1, 0.15) is 11.6 Å². The summed E-state index contributed by atoms with van der Waals surface area (Å²) < 4.78 is 31.4. The summed E-state index contributed by atoms with van der Waals surface area (Å²) in [5.74, 6) is -0.904. The van der Waals surface area contributed by atoms with Crippen molar-refractivity contribution < 1.29 is 18.3 Å². The minimum atomic E-state index is -0.355. The Morgan fingerprint density at radius 3 is 1.93 bits per heavy atom. The maximum Gasteiger partial charge on any atom is 0.330 e. The summed E-state index contributed by atoms with van der Waals surface area (Å²) in [6, 6.07) is 12.9. The molecule has 148 valence electrons. The summed E-state index contributed by atoms with van der Waals surface area (Å²) in [7, 11) is 1.36. The smallest absolute Gasteiger partial charge is 0.330 e. The number of methoxy groups -OCH3 is 1. The number of rotatable bonds is 6. The summed E-state index contributed by atoms with van der Waals surface area (Å²) in [4.78, 5) is 15.7. The van der Waals surface area contributed by atoms with Gasteiger partial charge in [0.25, 0.3) is 0 Å². The van der Waals surface area contributed by atoms with E-state index < -0.39 is 0 Å². The molecule has 1 aliphatic rings. The topological polar surface area (TPSA) is 32.8 Å². The van der Waals surface area contributed by atoms with Crippen molar-refractivity contribution in [2.45, 2.75) is 6.04 Å². The molecule has 0 unspecified atom stereocenters. The zero-order chi connectivity index (χ0) is 19.9. The highest BCUT2D eigenvalue weighted by atomic mass is 19.1. The second-order valence-corrected chi connectivity index (χ2v) is 6.77. The lowest BCUT2D eigenvalue weighted by atomic mass is 9.96. The largest absolute Gasteiger partial charge is 0.466 e. The van der Waals surface area contributed by atoms with Crippen molar-refractivity contribution in [1.82, 2.24) is 9.80 Å². The van der Waals surface area contributed by atoms with Crippen molar-refractivity contribution in [2.75, 3.05) is 39.8 Å². The predicted octanol–water partition coefficient (Wildman–Crippen LogP) is 3.40. The first-order valence-corrected chi connectivity index (χ1v) is 9.28. The molecule has 1 heterocycles. The normalized spacial score (nSPS) is 16.0. The number of nitrogens with zero attached hydrogens (tertiary/aromatic N) is 2. The summed E-state index contributed by atoms with van der Waals surface area (Å²) in [6.07, 6.45) is 3.24. The maximum atomic E-state index is 13.4. The van der Waals surface area contributed by atoms with Crippen LogP contribution in [0.25, 0.3) is 0 Å². The van der Waals surface area contributed by atoms with E-state index in [1.54, 1.807) is 30.3 Å². The van der Waals surface area contributed by atoms with Crippen LogP contribution in [0.4, 0.5) is 8.78 Å². The molecule has 1 aliphatic heterocycles. The lowest BCUT2D eigenvalue weighted by Gasteiger charge is -2.39. The van der Waals surface area contributed by atoms with E-state index >= 15 is 0 Å². The van der Waals surface area contributed by atoms with Gasteiger partial charge in [0, 0.05) is 38.8 Å². The zero-order valence-corrected chi connectivity index (χ0v) is 15.9. The van der Waals surface area contributed by atoms with Crippen molar-refractivity contribution in [3.8, 4) is 0 Å². The maximum absolute atomic E-state index is 13.4. The Kier molecular flexibility index (Phi) is 6.90. The highest BCUT2D eigenvalue weighted by molar-refractivity contribution is 5.81. The lowest BCUT2D eigenvalue weighted by molar-refractivity contribution is -0.134. The molecule has 0 amide bonds. The quantitative estimate of drug-likeness (QED) is 0.563. The van der Waals surface area contributed by atoms with Gasteiger partial charge in [0.2, 0.25) is 0 Å². The summed E-state index contributed by atoms with van der Waals surface area (Å²) in [5.41, 5.74) is 1.96. The van der Waals surface area contributed by atoms with Crippen LogP contribution in [0.5, 0.6) is 0 Å². The van der Waals surface area contributed by atoms with E-state index in [-0.39, 0.29) is 23.6 Å². The molecule has 0 bridgehead atoms. The molecular weight excluding hydrogens is 362 g/mol. The third-order valence-electron chi connectivity index (χ3n) is 4.96. The van der Waals surface area contributed by atoms with Crippen LogP contribution in [0.1, 0.15) is 17.2 Å². The first-order valence-electron chi connectivity index (χ1n) is 9.28. The number of ether oxygens (including phenoxy) is 1. The number of esters is 1. The Morgan fingerprint density at radius 1 is 0.964 bits per heavy atom. The number of benzene rings is 2. The van der Waals surface area contributed by atoms with E-state index in [9.17, 15) is 13.6 Å². The number of carbonyl (C=O) groups excluding carboxylic acids is 1. The van der Waals surface area contributed by atoms with Crippen LogP contribution in [0, 0.1) is 11.6 Å². The number of piperazine rings is 1. The van der Waals surface area contributed by atoms with Crippen LogP contribution in [0.15, 0.2) is 60.7 Å². The van der Waals surface area contributed by atoms with Crippen LogP contribution in [-0.4, -0.2) is 55.6 Å². The summed E-state index contributed by atoms with van der Waals surface area (Å²) in [5, 5.41) is 0. The molecule has 3 rings (SSSR count). The van der Waals surface area contributed by atoms with Gasteiger partial charge in [-0.2, -0.15) is 0 Å². The molecule has 0 saturated carbocycles. The molecule has 0 atom stereocenters. The van der Waals surface area contributed by atoms with Crippen molar-refractivity contribution in [3.63, 3.8) is 0 Å². The second-order valence-electron chi connectivity index (χ2n) is 6.77. The molecule has 1 saturated heterocycles. The minimum Gasteiger partial charge on any atom is -0.466 e. The third kappa shape index (κ3) is 5.24. The molecule has 28 heavy (non-hydrogen) atoms. The van der Waals surface area contributed by atoms with E-state index in [2.05, 4.69) is 14.5 Å². The summed E-state index contributed by atoms with van der Waals surface area (Å²) in [6.45, 7) is 3.98. The number of hydrogen-bond acceptors (Lipinski definition) is 4. The van der Waals surface area contributed by atoms with Crippen LogP contribution < -0.4 is 0 Å². The molecule has 0 spiro atoms. The van der Waals surface area contributed by atoms with Gasteiger partial charge in [0.05, 0.1) is 13.2 Å². The molecule has 0 aliphatic carbocycles. The van der Waals surface area contributed by atoms with E-state index in [0.717, 1.165) is 37.3 Å². The van der Waals surface area contributed by atoms with Crippen LogP contribution in [0.3, 0.4) is 0 Å². The minimum absolute atomic E-state index is 0.0611. The van der Waals surface area contributed by atoms with Crippen LogP contribution in [0.2, 0.25) is 0 Å². The van der Waals surface area contributed by atoms with Gasteiger partial charge < -0.3 is 4.74 Å². The number of halogens is 2. The third-order valence-corrected chi connectivity index (χ3v) is 4.96. The SMILES string of the molecule is COC(=O)C=CCN1CCN(C(c2ccc(F)cc2)c2ccc(F)cc2)CC1. The fourth-order valence-corrected chi connectivity index (χ4v) is 3.47. The fraction of sp³-hybridized carbons (Fsp3) is 0.318. The number of hydrogen-bond donors (Lipinski definition) is 0. The van der Waals surface area contributed by atoms with Gasteiger partial charge in [-0.05, 0) is 35.4 Å². The van der Waals surface area contributed by atoms with E-state index in [1.165, 1.54) is 37.5 Å². The van der Waals surface area contributed by atoms with Gasteiger partial charge in [-0.3, -0.25) is 9.80 Å². The Hall–Kier alpha value is -2.57. The standard InChI is InChI=1S/C22H24F2N2O2/c1-28-21(27)3-2-12-25-13-15-26(16-14-25)22(17-4-8-19(23)9-5-17)18-6-10-20(24)11-7-18/h2-11,22H,12-16H2,1H3. The molecular formula is C22H24F2N2O2. The monoisotopic (exact) mass is 386 g/mol. The number of carbonyl (C=O) groups is 1. The van der Waals surface area contributed by atoms with Gasteiger partial charge >= 0.3 is 5.97 Å². The molecule has 2 aromatic carbocycles. The predicted molar refractivity (Wildman–Crippen MR) is 104 cm³/mol.